The molecule has 0 unspecified atom stereocenters. The molecule has 3 heteroatoms. The van der Waals surface area contributed by atoms with Crippen LogP contribution in [0.1, 0.15) is 25.6 Å². The minimum absolute atomic E-state index is 0.00134. The average molecular weight is 193 g/mol. The van der Waals surface area contributed by atoms with Gasteiger partial charge in [-0.15, -0.1) is 11.3 Å². The number of halogens is 2. The van der Waals surface area contributed by atoms with E-state index in [-0.39, 0.29) is 15.6 Å². The zero-order valence-electron chi connectivity index (χ0n) is 6.74. The first kappa shape index (κ1) is 9.01. The number of hydrogen-bond acceptors (Lipinski definition) is 1. The largest absolute Gasteiger partial charge is 0.195 e. The molecule has 0 aromatic carbocycles. The van der Waals surface area contributed by atoms with E-state index in [0.29, 0.717) is 0 Å². The van der Waals surface area contributed by atoms with Crippen molar-refractivity contribution in [1.29, 1.82) is 0 Å². The van der Waals surface area contributed by atoms with Crippen molar-refractivity contribution in [3.63, 3.8) is 0 Å². The van der Waals surface area contributed by atoms with Gasteiger partial charge in [0.05, 0.1) is 5.02 Å². The smallest absolute Gasteiger partial charge is 0.193 e. The van der Waals surface area contributed by atoms with Gasteiger partial charge in [0, 0.05) is 4.88 Å². The fourth-order valence-corrected chi connectivity index (χ4v) is 1.84. The van der Waals surface area contributed by atoms with Crippen LogP contribution in [-0.2, 0) is 5.41 Å². The van der Waals surface area contributed by atoms with Gasteiger partial charge >= 0.3 is 0 Å². The van der Waals surface area contributed by atoms with Crippen LogP contribution in [0.2, 0.25) is 5.02 Å². The third-order valence-corrected chi connectivity index (χ3v) is 3.12. The second-order valence-electron chi connectivity index (χ2n) is 3.48. The van der Waals surface area contributed by atoms with Gasteiger partial charge in [-0.25, -0.2) is 0 Å². The van der Waals surface area contributed by atoms with Crippen LogP contribution >= 0.6 is 22.9 Å². The summed E-state index contributed by atoms with van der Waals surface area (Å²) in [7, 11) is 0. The molecule has 0 N–H and O–H groups in total. The summed E-state index contributed by atoms with van der Waals surface area (Å²) >= 11 is 6.69. The first-order chi connectivity index (χ1) is 4.91. The van der Waals surface area contributed by atoms with Crippen molar-refractivity contribution >= 4 is 22.9 Å². The molecule has 1 heterocycles. The summed E-state index contributed by atoms with van der Waals surface area (Å²) in [6.07, 6.45) is 0. The Morgan fingerprint density at radius 2 is 2.00 bits per heavy atom. The fourth-order valence-electron chi connectivity index (χ4n) is 0.716. The van der Waals surface area contributed by atoms with Gasteiger partial charge in [0.2, 0.25) is 0 Å². The average Bonchev–Trinajstić information content (AvgIpc) is 2.11. The van der Waals surface area contributed by atoms with Crippen LogP contribution < -0.4 is 0 Å². The van der Waals surface area contributed by atoms with Gasteiger partial charge in [0.15, 0.2) is 5.13 Å². The van der Waals surface area contributed by atoms with Crippen LogP contribution in [0.3, 0.4) is 0 Å². The lowest BCUT2D eigenvalue weighted by atomic mass is 9.95. The molecule has 1 aromatic heterocycles. The molecule has 11 heavy (non-hydrogen) atoms. The van der Waals surface area contributed by atoms with Crippen LogP contribution in [-0.4, -0.2) is 0 Å². The lowest BCUT2D eigenvalue weighted by molar-refractivity contribution is 0.604. The Bertz CT molecular complexity index is 240. The first-order valence-electron chi connectivity index (χ1n) is 3.36. The van der Waals surface area contributed by atoms with Gasteiger partial charge in [-0.05, 0) is 11.5 Å². The summed E-state index contributed by atoms with van der Waals surface area (Å²) in [5.41, 5.74) is -0.00134. The minimum Gasteiger partial charge on any atom is -0.193 e. The highest BCUT2D eigenvalue weighted by atomic mass is 35.5. The van der Waals surface area contributed by atoms with Gasteiger partial charge in [0.1, 0.15) is 0 Å². The molecule has 0 nitrogen and oxygen atoms in total. The second-order valence-corrected chi connectivity index (χ2v) is 4.89. The molecule has 0 fully saturated rings. The SMILES string of the molecule is CC(C)(C)c1cc(Cl)c(F)s1. The van der Waals surface area contributed by atoms with Gasteiger partial charge in [-0.1, -0.05) is 32.4 Å². The van der Waals surface area contributed by atoms with Crippen LogP contribution in [0.4, 0.5) is 4.39 Å². The highest BCUT2D eigenvalue weighted by molar-refractivity contribution is 7.11. The molecule has 0 radical (unpaired) electrons. The minimum atomic E-state index is -0.281. The van der Waals surface area contributed by atoms with Crippen molar-refractivity contribution < 1.29 is 4.39 Å². The molecule has 0 spiro atoms. The quantitative estimate of drug-likeness (QED) is 0.586. The van der Waals surface area contributed by atoms with Crippen molar-refractivity contribution in [2.45, 2.75) is 26.2 Å². The number of rotatable bonds is 0. The second kappa shape index (κ2) is 2.76. The Hall–Kier alpha value is -0.0800. The van der Waals surface area contributed by atoms with Crippen molar-refractivity contribution in [3.05, 3.63) is 21.1 Å². The molecule has 0 saturated heterocycles. The van der Waals surface area contributed by atoms with Crippen LogP contribution in [0.5, 0.6) is 0 Å². The Kier molecular flexibility index (Phi) is 2.26. The van der Waals surface area contributed by atoms with Crippen molar-refractivity contribution in [1.82, 2.24) is 0 Å². The van der Waals surface area contributed by atoms with E-state index in [0.717, 1.165) is 16.2 Å². The van der Waals surface area contributed by atoms with Gasteiger partial charge in [0.25, 0.3) is 0 Å². The van der Waals surface area contributed by atoms with Crippen LogP contribution in [0.15, 0.2) is 6.07 Å². The molecule has 0 aliphatic rings. The van der Waals surface area contributed by atoms with Crippen molar-refractivity contribution in [2.24, 2.45) is 0 Å². The van der Waals surface area contributed by atoms with E-state index in [1.54, 1.807) is 6.07 Å². The van der Waals surface area contributed by atoms with E-state index in [1.807, 2.05) is 20.8 Å². The predicted octanol–water partition coefficient (Wildman–Crippen LogP) is 3.84. The summed E-state index contributed by atoms with van der Waals surface area (Å²) in [6.45, 7) is 6.11. The Morgan fingerprint density at radius 3 is 2.18 bits per heavy atom. The van der Waals surface area contributed by atoms with Gasteiger partial charge in [-0.2, -0.15) is 4.39 Å². The lowest BCUT2D eigenvalue weighted by Gasteiger charge is -2.14. The number of hydrogen-bond donors (Lipinski definition) is 0. The molecule has 1 aromatic rings. The molecule has 0 bridgehead atoms. The van der Waals surface area contributed by atoms with Crippen molar-refractivity contribution in [3.8, 4) is 0 Å². The maximum atomic E-state index is 12.8. The number of thiophene rings is 1. The third kappa shape index (κ3) is 1.94. The monoisotopic (exact) mass is 192 g/mol. The summed E-state index contributed by atoms with van der Waals surface area (Å²) in [5.74, 6) is 0. The summed E-state index contributed by atoms with van der Waals surface area (Å²) in [6, 6.07) is 1.70. The molecular formula is C8H10ClFS. The fraction of sp³-hybridized carbons (Fsp3) is 0.500. The molecule has 0 atom stereocenters. The van der Waals surface area contributed by atoms with E-state index in [4.69, 9.17) is 11.6 Å². The molecule has 62 valence electrons. The highest BCUT2D eigenvalue weighted by Crippen LogP contribution is 2.33. The highest BCUT2D eigenvalue weighted by Gasteiger charge is 2.18. The van der Waals surface area contributed by atoms with E-state index in [2.05, 4.69) is 0 Å². The van der Waals surface area contributed by atoms with E-state index in [1.165, 1.54) is 0 Å². The molecular weight excluding hydrogens is 183 g/mol. The van der Waals surface area contributed by atoms with Gasteiger partial charge in [-0.3, -0.25) is 0 Å². The van der Waals surface area contributed by atoms with Gasteiger partial charge < -0.3 is 0 Å². The molecule has 0 saturated carbocycles. The maximum absolute atomic E-state index is 12.8. The zero-order chi connectivity index (χ0) is 8.65. The predicted molar refractivity (Wildman–Crippen MR) is 48.0 cm³/mol. The van der Waals surface area contributed by atoms with Crippen LogP contribution in [0.25, 0.3) is 0 Å². The normalized spacial score (nSPS) is 12.1. The Labute approximate surface area is 75.0 Å². The first-order valence-corrected chi connectivity index (χ1v) is 4.56. The molecule has 0 amide bonds. The summed E-state index contributed by atoms with van der Waals surface area (Å²) < 4.78 is 12.8. The van der Waals surface area contributed by atoms with Crippen molar-refractivity contribution in [2.75, 3.05) is 0 Å². The van der Waals surface area contributed by atoms with Crippen LogP contribution in [0, 0.1) is 5.13 Å². The Morgan fingerprint density at radius 1 is 1.45 bits per heavy atom. The van der Waals surface area contributed by atoms with E-state index < -0.39 is 0 Å². The molecule has 0 aliphatic carbocycles. The topological polar surface area (TPSA) is 0 Å². The third-order valence-electron chi connectivity index (χ3n) is 1.38. The maximum Gasteiger partial charge on any atom is 0.195 e. The van der Waals surface area contributed by atoms with E-state index >= 15 is 0 Å². The standard InChI is InChI=1S/C8H10ClFS/c1-8(2,3)6-4-5(9)7(10)11-6/h4H,1-3H3. The molecule has 0 aliphatic heterocycles. The van der Waals surface area contributed by atoms with E-state index in [9.17, 15) is 4.39 Å². The summed E-state index contributed by atoms with van der Waals surface area (Å²) in [5, 5.41) is -0.0449. The lowest BCUT2D eigenvalue weighted by Crippen LogP contribution is -2.07. The summed E-state index contributed by atoms with van der Waals surface area (Å²) in [4.78, 5) is 0.986. The Balaban J connectivity index is 3.08. The molecule has 1 rings (SSSR count). The zero-order valence-corrected chi connectivity index (χ0v) is 8.31.